The molecule has 1 aromatic carbocycles. The fourth-order valence-corrected chi connectivity index (χ4v) is 1.96. The Morgan fingerprint density at radius 3 is 2.56 bits per heavy atom. The van der Waals surface area contributed by atoms with Crippen molar-refractivity contribution >= 4 is 23.4 Å². The fraction of sp³-hybridized carbons (Fsp3) is 0.273. The topological polar surface area (TPSA) is 43.4 Å². The Bertz CT molecular complexity index is 452. The minimum atomic E-state index is -0.934. The molecule has 1 heterocycles. The van der Waals surface area contributed by atoms with E-state index < -0.39 is 29.6 Å². The van der Waals surface area contributed by atoms with Crippen LogP contribution >= 0.6 is 11.6 Å². The van der Waals surface area contributed by atoms with Gasteiger partial charge in [-0.25, -0.2) is 9.18 Å². The van der Waals surface area contributed by atoms with Crippen molar-refractivity contribution in [1.29, 1.82) is 0 Å². The summed E-state index contributed by atoms with van der Waals surface area (Å²) in [5.41, 5.74) is 0.0656. The number of esters is 1. The Balaban J connectivity index is 2.46. The third-order valence-electron chi connectivity index (χ3n) is 2.59. The van der Waals surface area contributed by atoms with Gasteiger partial charge in [0, 0.05) is 5.56 Å². The van der Waals surface area contributed by atoms with Gasteiger partial charge in [0.1, 0.15) is 11.9 Å². The van der Waals surface area contributed by atoms with E-state index in [-0.39, 0.29) is 10.6 Å². The first-order chi connectivity index (χ1) is 7.52. The van der Waals surface area contributed by atoms with Gasteiger partial charge in [0.2, 0.25) is 5.78 Å². The highest BCUT2D eigenvalue weighted by molar-refractivity contribution is 6.36. The Hall–Kier alpha value is -1.42. The van der Waals surface area contributed by atoms with Gasteiger partial charge in [-0.2, -0.15) is 0 Å². The number of carbonyl (C=O) groups is 2. The molecule has 0 spiro atoms. The van der Waals surface area contributed by atoms with Crippen LogP contribution < -0.4 is 0 Å². The van der Waals surface area contributed by atoms with Gasteiger partial charge in [-0.1, -0.05) is 24.6 Å². The van der Waals surface area contributed by atoms with Crippen LogP contribution in [0.4, 0.5) is 4.39 Å². The van der Waals surface area contributed by atoms with Crippen LogP contribution in [0, 0.1) is 11.7 Å². The van der Waals surface area contributed by atoms with Crippen molar-refractivity contribution in [2.45, 2.75) is 13.0 Å². The largest absolute Gasteiger partial charge is 0.451 e. The predicted octanol–water partition coefficient (Wildman–Crippen LogP) is 2.28. The van der Waals surface area contributed by atoms with E-state index in [1.165, 1.54) is 25.1 Å². The standard InChI is InChI=1S/C11H8ClFO3/c1-5-9(14)11(15)16-10(5)8-6(12)3-2-4-7(8)13/h2-5,10H,1H3. The number of hydrogen-bond donors (Lipinski definition) is 0. The van der Waals surface area contributed by atoms with Crippen molar-refractivity contribution in [1.82, 2.24) is 0 Å². The highest BCUT2D eigenvalue weighted by Crippen LogP contribution is 2.37. The Labute approximate surface area is 96.2 Å². The third kappa shape index (κ3) is 1.59. The quantitative estimate of drug-likeness (QED) is 0.561. The molecule has 0 aromatic heterocycles. The van der Waals surface area contributed by atoms with Gasteiger partial charge >= 0.3 is 5.97 Å². The fourth-order valence-electron chi connectivity index (χ4n) is 1.69. The van der Waals surface area contributed by atoms with Crippen LogP contribution in [0.5, 0.6) is 0 Å². The maximum Gasteiger partial charge on any atom is 0.375 e. The molecule has 0 saturated carbocycles. The van der Waals surface area contributed by atoms with Crippen molar-refractivity contribution < 1.29 is 18.7 Å². The van der Waals surface area contributed by atoms with E-state index in [9.17, 15) is 14.0 Å². The van der Waals surface area contributed by atoms with E-state index in [2.05, 4.69) is 0 Å². The lowest BCUT2D eigenvalue weighted by Crippen LogP contribution is -2.13. The average Bonchev–Trinajstić information content (AvgIpc) is 2.47. The highest BCUT2D eigenvalue weighted by atomic mass is 35.5. The second kappa shape index (κ2) is 3.87. The van der Waals surface area contributed by atoms with Gasteiger partial charge in [-0.15, -0.1) is 0 Å². The molecule has 5 heteroatoms. The molecular formula is C11H8ClFO3. The van der Waals surface area contributed by atoms with Crippen LogP contribution in [-0.2, 0) is 14.3 Å². The van der Waals surface area contributed by atoms with Gasteiger partial charge in [0.15, 0.2) is 0 Å². The molecule has 2 unspecified atom stereocenters. The molecule has 1 aliphatic rings. The summed E-state index contributed by atoms with van der Waals surface area (Å²) in [6.07, 6.45) is -0.923. The summed E-state index contributed by atoms with van der Waals surface area (Å²) in [5, 5.41) is 0.152. The van der Waals surface area contributed by atoms with Crippen LogP contribution in [0.25, 0.3) is 0 Å². The third-order valence-corrected chi connectivity index (χ3v) is 2.92. The predicted molar refractivity (Wildman–Crippen MR) is 54.4 cm³/mol. The monoisotopic (exact) mass is 242 g/mol. The smallest absolute Gasteiger partial charge is 0.375 e. The van der Waals surface area contributed by atoms with Crippen LogP contribution in [0.1, 0.15) is 18.6 Å². The molecule has 16 heavy (non-hydrogen) atoms. The van der Waals surface area contributed by atoms with Gasteiger partial charge in [0.25, 0.3) is 0 Å². The molecule has 0 amide bonds. The van der Waals surface area contributed by atoms with Gasteiger partial charge in [0.05, 0.1) is 10.9 Å². The normalized spacial score (nSPS) is 24.7. The van der Waals surface area contributed by atoms with E-state index in [0.29, 0.717) is 0 Å². The molecule has 0 N–H and O–H groups in total. The highest BCUT2D eigenvalue weighted by Gasteiger charge is 2.43. The zero-order valence-electron chi connectivity index (χ0n) is 8.37. The zero-order chi connectivity index (χ0) is 11.9. The number of hydrogen-bond acceptors (Lipinski definition) is 3. The van der Waals surface area contributed by atoms with E-state index in [1.54, 1.807) is 0 Å². The van der Waals surface area contributed by atoms with Gasteiger partial charge in [-0.05, 0) is 12.1 Å². The molecule has 84 valence electrons. The average molecular weight is 243 g/mol. The van der Waals surface area contributed by atoms with Gasteiger partial charge < -0.3 is 4.74 Å². The molecule has 1 saturated heterocycles. The first kappa shape index (κ1) is 11.1. The molecule has 0 bridgehead atoms. The summed E-state index contributed by atoms with van der Waals surface area (Å²) in [7, 11) is 0. The summed E-state index contributed by atoms with van der Waals surface area (Å²) in [5.74, 6) is -2.87. The zero-order valence-corrected chi connectivity index (χ0v) is 9.12. The number of benzene rings is 1. The summed E-state index contributed by atoms with van der Waals surface area (Å²) in [6, 6.07) is 4.15. The molecule has 1 fully saturated rings. The summed E-state index contributed by atoms with van der Waals surface area (Å²) in [6.45, 7) is 1.51. The molecule has 1 aromatic rings. The minimum Gasteiger partial charge on any atom is -0.451 e. The van der Waals surface area contributed by atoms with Crippen LogP contribution in [0.3, 0.4) is 0 Å². The van der Waals surface area contributed by atoms with Crippen LogP contribution in [-0.4, -0.2) is 11.8 Å². The van der Waals surface area contributed by atoms with Crippen molar-refractivity contribution in [3.05, 3.63) is 34.6 Å². The lowest BCUT2D eigenvalue weighted by atomic mass is 9.96. The molecule has 1 aliphatic heterocycles. The molecule has 0 aliphatic carbocycles. The number of ketones is 1. The van der Waals surface area contributed by atoms with E-state index in [0.717, 1.165) is 0 Å². The molecule has 3 nitrogen and oxygen atoms in total. The van der Waals surface area contributed by atoms with Crippen LogP contribution in [0.2, 0.25) is 5.02 Å². The van der Waals surface area contributed by atoms with E-state index in [4.69, 9.17) is 16.3 Å². The number of rotatable bonds is 1. The minimum absolute atomic E-state index is 0.0656. The van der Waals surface area contributed by atoms with Crippen molar-refractivity contribution in [2.75, 3.05) is 0 Å². The van der Waals surface area contributed by atoms with Crippen molar-refractivity contribution in [3.63, 3.8) is 0 Å². The number of Topliss-reactive ketones (excluding diaryl/α,β-unsaturated/α-hetero) is 1. The van der Waals surface area contributed by atoms with Crippen molar-refractivity contribution in [3.8, 4) is 0 Å². The first-order valence-electron chi connectivity index (χ1n) is 4.71. The van der Waals surface area contributed by atoms with E-state index >= 15 is 0 Å². The maximum absolute atomic E-state index is 13.5. The number of ether oxygens (including phenoxy) is 1. The molecular weight excluding hydrogens is 235 g/mol. The Morgan fingerprint density at radius 2 is 2.06 bits per heavy atom. The van der Waals surface area contributed by atoms with Gasteiger partial charge in [-0.3, -0.25) is 4.79 Å². The lowest BCUT2D eigenvalue weighted by Gasteiger charge is -2.15. The first-order valence-corrected chi connectivity index (χ1v) is 5.09. The van der Waals surface area contributed by atoms with E-state index in [1.807, 2.05) is 0 Å². The molecule has 0 radical (unpaired) electrons. The van der Waals surface area contributed by atoms with Crippen molar-refractivity contribution in [2.24, 2.45) is 5.92 Å². The number of cyclic esters (lactones) is 1. The summed E-state index contributed by atoms with van der Waals surface area (Å²) >= 11 is 5.83. The molecule has 2 rings (SSSR count). The van der Waals surface area contributed by atoms with Crippen LogP contribution in [0.15, 0.2) is 18.2 Å². The SMILES string of the molecule is CC1C(=O)C(=O)OC1c1c(F)cccc1Cl. The number of carbonyl (C=O) groups excluding carboxylic acids is 2. The lowest BCUT2D eigenvalue weighted by molar-refractivity contribution is -0.149. The maximum atomic E-state index is 13.5. The number of halogens is 2. The second-order valence-electron chi connectivity index (χ2n) is 3.61. The summed E-state index contributed by atoms with van der Waals surface area (Å²) < 4.78 is 18.4. The molecule has 2 atom stereocenters. The second-order valence-corrected chi connectivity index (χ2v) is 4.02. The Morgan fingerprint density at radius 1 is 1.38 bits per heavy atom. The summed E-state index contributed by atoms with van der Waals surface area (Å²) in [4.78, 5) is 22.3. The Kier molecular flexibility index (Phi) is 2.68.